The van der Waals surface area contributed by atoms with Gasteiger partial charge in [-0.1, -0.05) is 26.0 Å². The summed E-state index contributed by atoms with van der Waals surface area (Å²) in [4.78, 5) is 1.38. The zero-order valence-electron chi connectivity index (χ0n) is 13.4. The van der Waals surface area contributed by atoms with Crippen molar-refractivity contribution in [2.75, 3.05) is 18.9 Å². The Balaban J connectivity index is 1.60. The van der Waals surface area contributed by atoms with E-state index in [1.165, 1.54) is 41.9 Å². The molecule has 1 aromatic carbocycles. The van der Waals surface area contributed by atoms with Crippen LogP contribution in [0.4, 0.5) is 0 Å². The maximum Gasteiger partial charge on any atom is 0.0576 e. The highest BCUT2D eigenvalue weighted by Gasteiger charge is 2.14. The second-order valence-corrected chi connectivity index (χ2v) is 7.46. The minimum absolute atomic E-state index is 0.542. The smallest absolute Gasteiger partial charge is 0.0576 e. The fourth-order valence-electron chi connectivity index (χ4n) is 2.58. The van der Waals surface area contributed by atoms with Gasteiger partial charge in [0.05, 0.1) is 6.10 Å². The van der Waals surface area contributed by atoms with Gasteiger partial charge in [0.2, 0.25) is 0 Å². The van der Waals surface area contributed by atoms with Crippen LogP contribution < -0.4 is 5.32 Å². The van der Waals surface area contributed by atoms with Crippen LogP contribution in [-0.2, 0) is 11.3 Å². The van der Waals surface area contributed by atoms with Crippen molar-refractivity contribution in [3.8, 4) is 0 Å². The number of thioether (sulfide) groups is 1. The molecule has 1 N–H and O–H groups in total. The zero-order chi connectivity index (χ0) is 14.9. The van der Waals surface area contributed by atoms with E-state index >= 15 is 0 Å². The Hall–Kier alpha value is -0.510. The molecule has 3 heteroatoms. The lowest BCUT2D eigenvalue weighted by molar-refractivity contribution is 0.104. The molecule has 2 rings (SSSR count). The van der Waals surface area contributed by atoms with Crippen LogP contribution in [0, 0.1) is 5.92 Å². The summed E-state index contributed by atoms with van der Waals surface area (Å²) < 4.78 is 5.66. The van der Waals surface area contributed by atoms with E-state index in [0.717, 1.165) is 19.7 Å². The molecular weight excluding hydrogens is 278 g/mol. The average molecular weight is 308 g/mol. The molecule has 2 nitrogen and oxygen atoms in total. The Kier molecular flexibility index (Phi) is 7.62. The first-order chi connectivity index (χ1) is 10.2. The predicted molar refractivity (Wildman–Crippen MR) is 91.9 cm³/mol. The monoisotopic (exact) mass is 307 g/mol. The van der Waals surface area contributed by atoms with Crippen molar-refractivity contribution in [3.05, 3.63) is 29.8 Å². The maximum absolute atomic E-state index is 5.66. The normalized spacial score (nSPS) is 18.5. The summed E-state index contributed by atoms with van der Waals surface area (Å²) in [5.41, 5.74) is 1.37. The lowest BCUT2D eigenvalue weighted by atomic mass is 10.1. The van der Waals surface area contributed by atoms with Gasteiger partial charge in [-0.25, -0.2) is 0 Å². The third-order valence-electron chi connectivity index (χ3n) is 3.77. The molecule has 0 spiro atoms. The van der Waals surface area contributed by atoms with Crippen LogP contribution in [-0.4, -0.2) is 25.0 Å². The second-order valence-electron chi connectivity index (χ2n) is 6.29. The van der Waals surface area contributed by atoms with E-state index in [0.29, 0.717) is 12.0 Å². The van der Waals surface area contributed by atoms with Gasteiger partial charge in [0.25, 0.3) is 0 Å². The van der Waals surface area contributed by atoms with Gasteiger partial charge in [0.1, 0.15) is 0 Å². The summed E-state index contributed by atoms with van der Waals surface area (Å²) in [6.07, 6.45) is 5.55. The minimum Gasteiger partial charge on any atom is -0.378 e. The molecule has 1 heterocycles. The fourth-order valence-corrected chi connectivity index (χ4v) is 3.46. The van der Waals surface area contributed by atoms with Crippen LogP contribution in [0.3, 0.4) is 0 Å². The molecule has 118 valence electrons. The van der Waals surface area contributed by atoms with E-state index in [2.05, 4.69) is 43.4 Å². The molecular formula is C18H29NOS. The Morgan fingerprint density at radius 1 is 1.29 bits per heavy atom. The first-order valence-electron chi connectivity index (χ1n) is 8.28. The number of nitrogens with one attached hydrogen (secondary N) is 1. The zero-order valence-corrected chi connectivity index (χ0v) is 14.3. The van der Waals surface area contributed by atoms with Crippen LogP contribution in [0.25, 0.3) is 0 Å². The molecule has 1 unspecified atom stereocenters. The van der Waals surface area contributed by atoms with Gasteiger partial charge in [-0.15, -0.1) is 11.8 Å². The molecule has 1 aromatic rings. The van der Waals surface area contributed by atoms with E-state index in [-0.39, 0.29) is 0 Å². The lowest BCUT2D eigenvalue weighted by Crippen LogP contribution is -2.18. The topological polar surface area (TPSA) is 21.3 Å². The second kappa shape index (κ2) is 9.50. The standard InChI is InChI=1S/C18H29NOS/c1-15(2)13-19-14-16-7-9-18(10-8-16)21-12-4-6-17-5-3-11-20-17/h7-10,15,17,19H,3-6,11-14H2,1-2H3. The van der Waals surface area contributed by atoms with Gasteiger partial charge in [0, 0.05) is 18.0 Å². The number of hydrogen-bond donors (Lipinski definition) is 1. The average Bonchev–Trinajstić information content (AvgIpc) is 2.98. The summed E-state index contributed by atoms with van der Waals surface area (Å²) in [5, 5.41) is 3.48. The maximum atomic E-state index is 5.66. The molecule has 0 radical (unpaired) electrons. The molecule has 0 saturated carbocycles. The van der Waals surface area contributed by atoms with Crippen LogP contribution in [0.15, 0.2) is 29.2 Å². The summed E-state index contributed by atoms with van der Waals surface area (Å²) in [7, 11) is 0. The van der Waals surface area contributed by atoms with Crippen molar-refractivity contribution >= 4 is 11.8 Å². The molecule has 0 amide bonds. The van der Waals surface area contributed by atoms with E-state index < -0.39 is 0 Å². The quantitative estimate of drug-likeness (QED) is 0.537. The van der Waals surface area contributed by atoms with Crippen molar-refractivity contribution < 1.29 is 4.74 Å². The molecule has 1 aliphatic heterocycles. The third kappa shape index (κ3) is 6.86. The molecule has 1 fully saturated rings. The first-order valence-corrected chi connectivity index (χ1v) is 9.26. The third-order valence-corrected chi connectivity index (χ3v) is 4.87. The first kappa shape index (κ1) is 16.9. The SMILES string of the molecule is CC(C)CNCc1ccc(SCCCC2CCCO2)cc1. The van der Waals surface area contributed by atoms with E-state index in [1.807, 2.05) is 11.8 Å². The van der Waals surface area contributed by atoms with Crippen LogP contribution in [0.2, 0.25) is 0 Å². The van der Waals surface area contributed by atoms with Gasteiger partial charge in [-0.05, 0) is 61.6 Å². The van der Waals surface area contributed by atoms with Gasteiger partial charge >= 0.3 is 0 Å². The van der Waals surface area contributed by atoms with Crippen molar-refractivity contribution in [1.82, 2.24) is 5.32 Å². The highest BCUT2D eigenvalue weighted by molar-refractivity contribution is 7.99. The van der Waals surface area contributed by atoms with Gasteiger partial charge in [0.15, 0.2) is 0 Å². The molecule has 0 aromatic heterocycles. The number of ether oxygens (including phenoxy) is 1. The van der Waals surface area contributed by atoms with Crippen molar-refractivity contribution in [3.63, 3.8) is 0 Å². The van der Waals surface area contributed by atoms with Crippen LogP contribution >= 0.6 is 11.8 Å². The van der Waals surface area contributed by atoms with Gasteiger partial charge in [-0.2, -0.15) is 0 Å². The van der Waals surface area contributed by atoms with Gasteiger partial charge < -0.3 is 10.1 Å². The summed E-state index contributed by atoms with van der Waals surface area (Å²) in [6, 6.07) is 9.00. The van der Waals surface area contributed by atoms with Gasteiger partial charge in [-0.3, -0.25) is 0 Å². The largest absolute Gasteiger partial charge is 0.378 e. The van der Waals surface area contributed by atoms with E-state index in [1.54, 1.807) is 0 Å². The number of rotatable bonds is 9. The van der Waals surface area contributed by atoms with Crippen molar-refractivity contribution in [2.45, 2.75) is 57.1 Å². The molecule has 1 atom stereocenters. The molecule has 1 saturated heterocycles. The fraction of sp³-hybridized carbons (Fsp3) is 0.667. The predicted octanol–water partition coefficient (Wildman–Crippen LogP) is 4.48. The summed E-state index contributed by atoms with van der Waals surface area (Å²) in [6.45, 7) is 7.51. The summed E-state index contributed by atoms with van der Waals surface area (Å²) in [5.74, 6) is 1.91. The molecule has 21 heavy (non-hydrogen) atoms. The molecule has 1 aliphatic rings. The highest BCUT2D eigenvalue weighted by Crippen LogP contribution is 2.22. The van der Waals surface area contributed by atoms with Crippen LogP contribution in [0.5, 0.6) is 0 Å². The Morgan fingerprint density at radius 3 is 2.76 bits per heavy atom. The highest BCUT2D eigenvalue weighted by atomic mass is 32.2. The number of hydrogen-bond acceptors (Lipinski definition) is 3. The number of benzene rings is 1. The Morgan fingerprint density at radius 2 is 2.10 bits per heavy atom. The van der Waals surface area contributed by atoms with E-state index in [4.69, 9.17) is 4.74 Å². The Bertz CT molecular complexity index is 385. The minimum atomic E-state index is 0.542. The Labute approximate surface area is 134 Å². The molecule has 0 aliphatic carbocycles. The van der Waals surface area contributed by atoms with Crippen LogP contribution in [0.1, 0.15) is 45.1 Å². The van der Waals surface area contributed by atoms with E-state index in [9.17, 15) is 0 Å². The summed E-state index contributed by atoms with van der Waals surface area (Å²) >= 11 is 1.97. The van der Waals surface area contributed by atoms with Crippen molar-refractivity contribution in [1.29, 1.82) is 0 Å². The lowest BCUT2D eigenvalue weighted by Gasteiger charge is -2.09. The van der Waals surface area contributed by atoms with Crippen molar-refractivity contribution in [2.24, 2.45) is 5.92 Å². The molecule has 0 bridgehead atoms.